The van der Waals surface area contributed by atoms with Crippen molar-refractivity contribution in [1.82, 2.24) is 30.1 Å². The van der Waals surface area contributed by atoms with Gasteiger partial charge in [0.05, 0.1) is 18.8 Å². The SMILES string of the molecule is O=C(O)CN1CCN(C(=O)c2cn(C3CNC3)nn2)CC1. The summed E-state index contributed by atoms with van der Waals surface area (Å²) in [6, 6.07) is 0.284. The van der Waals surface area contributed by atoms with Gasteiger partial charge in [-0.05, 0) is 0 Å². The van der Waals surface area contributed by atoms with Crippen LogP contribution in [0.25, 0.3) is 0 Å². The molecule has 0 saturated carbocycles. The van der Waals surface area contributed by atoms with E-state index in [-0.39, 0.29) is 18.5 Å². The molecule has 0 atom stereocenters. The molecular weight excluding hydrogens is 276 g/mol. The van der Waals surface area contributed by atoms with Crippen LogP contribution in [0.1, 0.15) is 16.5 Å². The molecule has 9 heteroatoms. The zero-order chi connectivity index (χ0) is 14.8. The van der Waals surface area contributed by atoms with E-state index < -0.39 is 5.97 Å². The molecule has 2 aliphatic rings. The van der Waals surface area contributed by atoms with Crippen LogP contribution in [-0.2, 0) is 4.79 Å². The summed E-state index contributed by atoms with van der Waals surface area (Å²) in [6.07, 6.45) is 1.69. The number of hydrogen-bond acceptors (Lipinski definition) is 6. The van der Waals surface area contributed by atoms with Crippen molar-refractivity contribution in [2.24, 2.45) is 0 Å². The summed E-state index contributed by atoms with van der Waals surface area (Å²) in [4.78, 5) is 26.5. The third-order valence-corrected chi connectivity index (χ3v) is 3.88. The lowest BCUT2D eigenvalue weighted by molar-refractivity contribution is -0.138. The maximum absolute atomic E-state index is 12.3. The second kappa shape index (κ2) is 5.78. The van der Waals surface area contributed by atoms with Gasteiger partial charge < -0.3 is 15.3 Å². The topological polar surface area (TPSA) is 104 Å². The number of carbonyl (C=O) groups is 2. The molecule has 114 valence electrons. The first kappa shape index (κ1) is 14.0. The van der Waals surface area contributed by atoms with Gasteiger partial charge in [-0.1, -0.05) is 5.21 Å². The molecule has 2 aliphatic heterocycles. The Bertz CT molecular complexity index is 533. The second-order valence-corrected chi connectivity index (χ2v) is 5.36. The van der Waals surface area contributed by atoms with Gasteiger partial charge in [0.15, 0.2) is 5.69 Å². The highest BCUT2D eigenvalue weighted by molar-refractivity contribution is 5.92. The first-order chi connectivity index (χ1) is 10.1. The fourth-order valence-electron chi connectivity index (χ4n) is 2.48. The van der Waals surface area contributed by atoms with Crippen molar-refractivity contribution in [3.05, 3.63) is 11.9 Å². The monoisotopic (exact) mass is 294 g/mol. The van der Waals surface area contributed by atoms with Crippen molar-refractivity contribution in [1.29, 1.82) is 0 Å². The van der Waals surface area contributed by atoms with Gasteiger partial charge >= 0.3 is 5.97 Å². The molecule has 21 heavy (non-hydrogen) atoms. The molecule has 1 amide bonds. The Morgan fingerprint density at radius 3 is 2.57 bits per heavy atom. The van der Waals surface area contributed by atoms with Gasteiger partial charge in [0.25, 0.3) is 5.91 Å². The molecule has 3 heterocycles. The summed E-state index contributed by atoms with van der Waals surface area (Å²) in [6.45, 7) is 3.90. The standard InChI is InChI=1S/C12H18N6O3/c19-11(20)8-16-1-3-17(4-2-16)12(21)10-7-18(15-14-10)9-5-13-6-9/h7,9,13H,1-6,8H2,(H,19,20). The molecule has 0 aliphatic carbocycles. The minimum absolute atomic E-state index is 0.0207. The highest BCUT2D eigenvalue weighted by Gasteiger charge is 2.26. The predicted molar refractivity (Wildman–Crippen MR) is 71.9 cm³/mol. The van der Waals surface area contributed by atoms with Crippen LogP contribution in [0.5, 0.6) is 0 Å². The lowest BCUT2D eigenvalue weighted by atomic mass is 10.2. The highest BCUT2D eigenvalue weighted by Crippen LogP contribution is 2.12. The van der Waals surface area contributed by atoms with Crippen LogP contribution in [-0.4, -0.2) is 87.6 Å². The minimum Gasteiger partial charge on any atom is -0.480 e. The maximum atomic E-state index is 12.3. The average molecular weight is 294 g/mol. The van der Waals surface area contributed by atoms with Gasteiger partial charge in [-0.3, -0.25) is 14.5 Å². The molecule has 0 unspecified atom stereocenters. The zero-order valence-corrected chi connectivity index (χ0v) is 11.6. The molecule has 2 saturated heterocycles. The largest absolute Gasteiger partial charge is 0.480 e. The molecule has 2 N–H and O–H groups in total. The Morgan fingerprint density at radius 1 is 1.29 bits per heavy atom. The molecule has 1 aromatic rings. The molecule has 3 rings (SSSR count). The van der Waals surface area contributed by atoms with Gasteiger partial charge in [0, 0.05) is 39.3 Å². The number of amides is 1. The molecular formula is C12H18N6O3. The fraction of sp³-hybridized carbons (Fsp3) is 0.667. The number of rotatable bonds is 4. The Balaban J connectivity index is 1.56. The number of carbonyl (C=O) groups excluding carboxylic acids is 1. The predicted octanol–water partition coefficient (Wildman–Crippen LogP) is -1.74. The normalized spacial score (nSPS) is 20.3. The first-order valence-electron chi connectivity index (χ1n) is 6.99. The van der Waals surface area contributed by atoms with Crippen molar-refractivity contribution < 1.29 is 14.7 Å². The lowest BCUT2D eigenvalue weighted by Crippen LogP contribution is -2.50. The first-order valence-corrected chi connectivity index (χ1v) is 6.99. The van der Waals surface area contributed by atoms with E-state index in [9.17, 15) is 9.59 Å². The summed E-state index contributed by atoms with van der Waals surface area (Å²) in [5.74, 6) is -0.977. The van der Waals surface area contributed by atoms with Crippen LogP contribution in [0.15, 0.2) is 6.20 Å². The maximum Gasteiger partial charge on any atom is 0.317 e. The number of carboxylic acids is 1. The van der Waals surface area contributed by atoms with E-state index in [1.165, 1.54) is 0 Å². The average Bonchev–Trinajstić information content (AvgIpc) is 2.85. The smallest absolute Gasteiger partial charge is 0.317 e. The van der Waals surface area contributed by atoms with E-state index in [0.717, 1.165) is 13.1 Å². The van der Waals surface area contributed by atoms with Crippen LogP contribution < -0.4 is 5.32 Å². The number of nitrogens with zero attached hydrogens (tertiary/aromatic N) is 5. The molecule has 0 spiro atoms. The second-order valence-electron chi connectivity index (χ2n) is 5.36. The fourth-order valence-corrected chi connectivity index (χ4v) is 2.48. The number of hydrogen-bond donors (Lipinski definition) is 2. The molecule has 9 nitrogen and oxygen atoms in total. The minimum atomic E-state index is -0.841. The van der Waals surface area contributed by atoms with Crippen LogP contribution in [0, 0.1) is 0 Å². The van der Waals surface area contributed by atoms with Gasteiger partial charge in [0.2, 0.25) is 0 Å². The third kappa shape index (κ3) is 3.03. The van der Waals surface area contributed by atoms with E-state index in [1.54, 1.807) is 15.8 Å². The van der Waals surface area contributed by atoms with Crippen LogP contribution in [0.2, 0.25) is 0 Å². The van der Waals surface area contributed by atoms with Gasteiger partial charge in [-0.2, -0.15) is 0 Å². The summed E-state index contributed by atoms with van der Waals surface area (Å²) >= 11 is 0. The van der Waals surface area contributed by atoms with E-state index in [2.05, 4.69) is 15.6 Å². The zero-order valence-electron chi connectivity index (χ0n) is 11.6. The van der Waals surface area contributed by atoms with Crippen molar-refractivity contribution >= 4 is 11.9 Å². The lowest BCUT2D eigenvalue weighted by Gasteiger charge is -2.33. The number of carboxylic acid groups (broad SMARTS) is 1. The Kier molecular flexibility index (Phi) is 3.84. The number of aromatic nitrogens is 3. The van der Waals surface area contributed by atoms with Gasteiger partial charge in [0.1, 0.15) is 0 Å². The van der Waals surface area contributed by atoms with E-state index in [4.69, 9.17) is 5.11 Å². The summed E-state index contributed by atoms with van der Waals surface area (Å²) in [5, 5.41) is 19.8. The van der Waals surface area contributed by atoms with Crippen molar-refractivity contribution in [3.63, 3.8) is 0 Å². The summed E-state index contributed by atoms with van der Waals surface area (Å²) in [5.41, 5.74) is 0.355. The molecule has 1 aromatic heterocycles. The Hall–Kier alpha value is -2.00. The Morgan fingerprint density at radius 2 is 2.00 bits per heavy atom. The summed E-state index contributed by atoms with van der Waals surface area (Å²) in [7, 11) is 0. The number of aliphatic carboxylic acids is 1. The number of nitrogens with one attached hydrogen (secondary N) is 1. The van der Waals surface area contributed by atoms with Crippen LogP contribution in [0.3, 0.4) is 0 Å². The highest BCUT2D eigenvalue weighted by atomic mass is 16.4. The summed E-state index contributed by atoms with van der Waals surface area (Å²) < 4.78 is 1.73. The molecule has 2 fully saturated rings. The van der Waals surface area contributed by atoms with Gasteiger partial charge in [-0.15, -0.1) is 5.10 Å². The van der Waals surface area contributed by atoms with E-state index in [0.29, 0.717) is 31.9 Å². The van der Waals surface area contributed by atoms with Gasteiger partial charge in [-0.25, -0.2) is 4.68 Å². The van der Waals surface area contributed by atoms with Crippen molar-refractivity contribution in [2.75, 3.05) is 45.8 Å². The van der Waals surface area contributed by atoms with Crippen LogP contribution in [0.4, 0.5) is 0 Å². The van der Waals surface area contributed by atoms with Crippen LogP contribution >= 0.6 is 0 Å². The third-order valence-electron chi connectivity index (χ3n) is 3.88. The van der Waals surface area contributed by atoms with E-state index >= 15 is 0 Å². The number of piperazine rings is 1. The van der Waals surface area contributed by atoms with Crippen molar-refractivity contribution in [3.8, 4) is 0 Å². The molecule has 0 aromatic carbocycles. The molecule has 0 radical (unpaired) electrons. The van der Waals surface area contributed by atoms with Crippen molar-refractivity contribution in [2.45, 2.75) is 6.04 Å². The molecule has 0 bridgehead atoms. The Labute approximate surface area is 121 Å². The van der Waals surface area contributed by atoms with E-state index in [1.807, 2.05) is 4.90 Å². The quantitative estimate of drug-likeness (QED) is 0.679.